The van der Waals surface area contributed by atoms with Gasteiger partial charge in [0.2, 0.25) is 21.8 Å². The van der Waals surface area contributed by atoms with Crippen molar-refractivity contribution in [2.24, 2.45) is 0 Å². The summed E-state index contributed by atoms with van der Waals surface area (Å²) in [6, 6.07) is 20.7. The van der Waals surface area contributed by atoms with Crippen molar-refractivity contribution >= 4 is 43.5 Å². The van der Waals surface area contributed by atoms with Gasteiger partial charge in [0.15, 0.2) is 11.5 Å². The first-order chi connectivity index (χ1) is 20.1. The summed E-state index contributed by atoms with van der Waals surface area (Å²) in [5.41, 5.74) is 1.95. The van der Waals surface area contributed by atoms with E-state index in [0.29, 0.717) is 24.7 Å². The molecule has 0 aromatic heterocycles. The fourth-order valence-corrected chi connectivity index (χ4v) is 5.95. The smallest absolute Gasteiger partial charge is 0.244 e. The predicted molar refractivity (Wildman–Crippen MR) is 166 cm³/mol. The van der Waals surface area contributed by atoms with Crippen molar-refractivity contribution in [1.29, 1.82) is 0 Å². The Labute approximate surface area is 256 Å². The van der Waals surface area contributed by atoms with Gasteiger partial charge in [-0.1, -0.05) is 58.4 Å². The Morgan fingerprint density at radius 3 is 2.24 bits per heavy atom. The second-order valence-corrected chi connectivity index (χ2v) is 13.3. The molecule has 9 nitrogen and oxygen atoms in total. The lowest BCUT2D eigenvalue weighted by molar-refractivity contribution is -0.140. The highest BCUT2D eigenvalue weighted by atomic mass is 79.9. The van der Waals surface area contributed by atoms with Gasteiger partial charge in [0, 0.05) is 29.5 Å². The van der Waals surface area contributed by atoms with Crippen LogP contribution in [0.4, 0.5) is 5.69 Å². The van der Waals surface area contributed by atoms with Gasteiger partial charge in [-0.15, -0.1) is 0 Å². The van der Waals surface area contributed by atoms with Crippen molar-refractivity contribution < 1.29 is 27.5 Å². The van der Waals surface area contributed by atoms with Gasteiger partial charge in [-0.25, -0.2) is 8.42 Å². The van der Waals surface area contributed by atoms with Crippen molar-refractivity contribution in [2.75, 3.05) is 29.8 Å². The van der Waals surface area contributed by atoms with E-state index in [4.69, 9.17) is 9.47 Å². The summed E-state index contributed by atoms with van der Waals surface area (Å²) in [6.45, 7) is 5.59. The Morgan fingerprint density at radius 1 is 0.929 bits per heavy atom. The highest BCUT2D eigenvalue weighted by Crippen LogP contribution is 2.35. The van der Waals surface area contributed by atoms with Crippen molar-refractivity contribution in [3.63, 3.8) is 0 Å². The maximum atomic E-state index is 14.2. The number of halogens is 1. The van der Waals surface area contributed by atoms with Crippen LogP contribution in [-0.4, -0.2) is 62.7 Å². The molecule has 4 rings (SSSR count). The maximum Gasteiger partial charge on any atom is 0.244 e. The van der Waals surface area contributed by atoms with Crippen LogP contribution in [0, 0.1) is 0 Å². The van der Waals surface area contributed by atoms with Gasteiger partial charge in [-0.3, -0.25) is 13.9 Å². The lowest BCUT2D eigenvalue weighted by atomic mass is 10.0. The Hall–Kier alpha value is -3.57. The third-order valence-electron chi connectivity index (χ3n) is 6.76. The summed E-state index contributed by atoms with van der Waals surface area (Å²) in [6.07, 6.45) is 0.256. The molecular weight excluding hydrogens is 622 g/mol. The molecule has 0 fully saturated rings. The number of nitrogens with zero attached hydrogens (tertiary/aromatic N) is 2. The van der Waals surface area contributed by atoms with Crippen LogP contribution in [0.25, 0.3) is 0 Å². The highest BCUT2D eigenvalue weighted by Gasteiger charge is 2.34. The van der Waals surface area contributed by atoms with E-state index in [0.717, 1.165) is 19.9 Å². The van der Waals surface area contributed by atoms with Gasteiger partial charge in [0.05, 0.1) is 11.4 Å². The molecule has 2 amide bonds. The molecule has 0 saturated heterocycles. The van der Waals surface area contributed by atoms with Gasteiger partial charge >= 0.3 is 0 Å². The standard InChI is InChI=1S/C31H36BrN3O6S/c1-4-42(38,39)35(26-14-15-28-29(19-26)41-17-16-40-28)21-30(36)34(20-24-10-12-25(32)13-11-24)27(31(37)33-22(2)3)18-23-8-6-5-7-9-23/h5-15,19,22,27H,4,16-18,20-21H2,1-3H3,(H,33,37). The molecule has 3 aromatic rings. The molecule has 1 atom stereocenters. The monoisotopic (exact) mass is 657 g/mol. The lowest BCUT2D eigenvalue weighted by Gasteiger charge is -2.34. The molecule has 0 spiro atoms. The van der Waals surface area contributed by atoms with Crippen LogP contribution in [-0.2, 0) is 32.6 Å². The second kappa shape index (κ2) is 14.1. The molecule has 1 heterocycles. The van der Waals surface area contributed by atoms with E-state index >= 15 is 0 Å². The van der Waals surface area contributed by atoms with Crippen LogP contribution < -0.4 is 19.1 Å². The Morgan fingerprint density at radius 2 is 1.60 bits per heavy atom. The average Bonchev–Trinajstić information content (AvgIpc) is 2.98. The van der Waals surface area contributed by atoms with Crippen LogP contribution in [0.2, 0.25) is 0 Å². The SMILES string of the molecule is CCS(=O)(=O)N(CC(=O)N(Cc1ccc(Br)cc1)C(Cc1ccccc1)C(=O)NC(C)C)c1ccc2c(c1)OCCO2. The molecule has 1 aliphatic heterocycles. The van der Waals surface area contributed by atoms with Gasteiger partial charge in [-0.2, -0.15) is 0 Å². The summed E-state index contributed by atoms with van der Waals surface area (Å²) in [7, 11) is -3.89. The van der Waals surface area contributed by atoms with E-state index in [1.54, 1.807) is 18.2 Å². The third-order valence-corrected chi connectivity index (χ3v) is 9.03. The summed E-state index contributed by atoms with van der Waals surface area (Å²) in [4.78, 5) is 29.4. The number of benzene rings is 3. The number of anilines is 1. The highest BCUT2D eigenvalue weighted by molar-refractivity contribution is 9.10. The van der Waals surface area contributed by atoms with Crippen LogP contribution in [0.3, 0.4) is 0 Å². The van der Waals surface area contributed by atoms with Crippen LogP contribution >= 0.6 is 15.9 Å². The topological polar surface area (TPSA) is 105 Å². The zero-order valence-electron chi connectivity index (χ0n) is 24.0. The molecule has 1 aliphatic rings. The summed E-state index contributed by atoms with van der Waals surface area (Å²) in [5.74, 6) is -0.126. The van der Waals surface area contributed by atoms with Crippen LogP contribution in [0.15, 0.2) is 77.3 Å². The number of hydrogen-bond donors (Lipinski definition) is 1. The first kappa shape index (κ1) is 31.4. The molecule has 1 unspecified atom stereocenters. The zero-order chi connectivity index (χ0) is 30.3. The third kappa shape index (κ3) is 8.04. The molecule has 0 saturated carbocycles. The number of rotatable bonds is 12. The largest absolute Gasteiger partial charge is 0.486 e. The minimum atomic E-state index is -3.89. The fraction of sp³-hybridized carbons (Fsp3) is 0.355. The van der Waals surface area contributed by atoms with Gasteiger partial charge < -0.3 is 19.7 Å². The molecule has 224 valence electrons. The second-order valence-electron chi connectivity index (χ2n) is 10.3. The molecule has 0 aliphatic carbocycles. The van der Waals surface area contributed by atoms with E-state index in [2.05, 4.69) is 21.2 Å². The van der Waals surface area contributed by atoms with E-state index in [-0.39, 0.29) is 36.4 Å². The predicted octanol–water partition coefficient (Wildman–Crippen LogP) is 4.54. The minimum Gasteiger partial charge on any atom is -0.486 e. The Balaban J connectivity index is 1.74. The van der Waals surface area contributed by atoms with E-state index in [1.807, 2.05) is 68.4 Å². The minimum absolute atomic E-state index is 0.107. The number of ether oxygens (including phenoxy) is 2. The van der Waals surface area contributed by atoms with Crippen LogP contribution in [0.5, 0.6) is 11.5 Å². The molecule has 1 N–H and O–H groups in total. The Kier molecular flexibility index (Phi) is 10.5. The molecule has 0 radical (unpaired) electrons. The lowest BCUT2D eigenvalue weighted by Crippen LogP contribution is -2.54. The first-order valence-electron chi connectivity index (χ1n) is 13.9. The Bertz CT molecular complexity index is 1480. The average molecular weight is 659 g/mol. The van der Waals surface area contributed by atoms with Crippen molar-refractivity contribution in [2.45, 2.75) is 45.8 Å². The van der Waals surface area contributed by atoms with Gasteiger partial charge in [0.25, 0.3) is 0 Å². The van der Waals surface area contributed by atoms with Gasteiger partial charge in [0.1, 0.15) is 25.8 Å². The zero-order valence-corrected chi connectivity index (χ0v) is 26.4. The number of carbonyl (C=O) groups is 2. The summed E-state index contributed by atoms with van der Waals surface area (Å²) in [5, 5.41) is 2.95. The van der Waals surface area contributed by atoms with Crippen LogP contribution in [0.1, 0.15) is 31.9 Å². The van der Waals surface area contributed by atoms with E-state index in [1.165, 1.54) is 11.8 Å². The van der Waals surface area contributed by atoms with Gasteiger partial charge in [-0.05, 0) is 56.2 Å². The number of sulfonamides is 1. The molecule has 11 heteroatoms. The number of fused-ring (bicyclic) bond motifs is 1. The summed E-state index contributed by atoms with van der Waals surface area (Å²) >= 11 is 3.44. The van der Waals surface area contributed by atoms with Crippen molar-refractivity contribution in [3.05, 3.63) is 88.4 Å². The normalized spacial score (nSPS) is 13.4. The molecule has 42 heavy (non-hydrogen) atoms. The van der Waals surface area contributed by atoms with Crippen molar-refractivity contribution in [3.8, 4) is 11.5 Å². The van der Waals surface area contributed by atoms with E-state index in [9.17, 15) is 18.0 Å². The number of nitrogens with one attached hydrogen (secondary N) is 1. The van der Waals surface area contributed by atoms with E-state index < -0.39 is 28.5 Å². The molecule has 3 aromatic carbocycles. The van der Waals surface area contributed by atoms with Crippen molar-refractivity contribution in [1.82, 2.24) is 10.2 Å². The number of hydrogen-bond acceptors (Lipinski definition) is 6. The summed E-state index contributed by atoms with van der Waals surface area (Å²) < 4.78 is 40.0. The first-order valence-corrected chi connectivity index (χ1v) is 16.3. The maximum absolute atomic E-state index is 14.2. The number of amides is 2. The number of carbonyl (C=O) groups excluding carboxylic acids is 2. The molecule has 0 bridgehead atoms. The quantitative estimate of drug-likeness (QED) is 0.307. The molecular formula is C31H36BrN3O6S. The fourth-order valence-electron chi connectivity index (χ4n) is 4.63.